The van der Waals surface area contributed by atoms with Crippen LogP contribution in [0, 0.1) is 0 Å². The van der Waals surface area contributed by atoms with Crippen LogP contribution in [-0.4, -0.2) is 18.3 Å². The molecule has 0 saturated heterocycles. The minimum absolute atomic E-state index is 0.179. The number of benzene rings is 1. The molecule has 4 nitrogen and oxygen atoms in total. The van der Waals surface area contributed by atoms with Crippen LogP contribution < -0.4 is 5.32 Å². The first-order valence-electron chi connectivity index (χ1n) is 7.29. The number of fused-ring (bicyclic) bond motifs is 1. The minimum atomic E-state index is -4.42. The molecule has 1 amide bonds. The lowest BCUT2D eigenvalue weighted by atomic mass is 9.93. The Morgan fingerprint density at radius 1 is 1.26 bits per heavy atom. The van der Waals surface area contributed by atoms with Gasteiger partial charge < -0.3 is 14.8 Å². The highest BCUT2D eigenvalue weighted by molar-refractivity contribution is 5.68. The average Bonchev–Trinajstić information content (AvgIpc) is 2.38. The fraction of sp³-hybridized carbons (Fsp3) is 0.562. The van der Waals surface area contributed by atoms with Crippen molar-refractivity contribution in [2.45, 2.75) is 51.6 Å². The number of alkyl halides is 3. The molecule has 0 spiro atoms. The van der Waals surface area contributed by atoms with E-state index in [9.17, 15) is 18.0 Å². The summed E-state index contributed by atoms with van der Waals surface area (Å²) in [5.74, 6) is 0. The number of alkyl carbamates (subject to hydrolysis) is 1. The Bertz CT molecular complexity index is 593. The second-order valence-corrected chi connectivity index (χ2v) is 6.52. The first kappa shape index (κ1) is 17.6. The van der Waals surface area contributed by atoms with Crippen LogP contribution in [0.15, 0.2) is 18.2 Å². The van der Waals surface area contributed by atoms with E-state index in [1.807, 2.05) is 0 Å². The molecule has 2 atom stereocenters. The lowest BCUT2D eigenvalue weighted by Gasteiger charge is -2.32. The summed E-state index contributed by atoms with van der Waals surface area (Å²) in [6.07, 6.45) is -5.52. The number of carbonyl (C=O) groups excluding carboxylic acids is 1. The van der Waals surface area contributed by atoms with Gasteiger partial charge in [-0.1, -0.05) is 6.07 Å². The second-order valence-electron chi connectivity index (χ2n) is 6.52. The van der Waals surface area contributed by atoms with Crippen LogP contribution in [0.3, 0.4) is 0 Å². The summed E-state index contributed by atoms with van der Waals surface area (Å²) in [6.45, 7) is 7.06. The van der Waals surface area contributed by atoms with Gasteiger partial charge >= 0.3 is 12.3 Å². The molecular weight excluding hydrogens is 311 g/mol. The summed E-state index contributed by atoms with van der Waals surface area (Å²) in [7, 11) is 0. The highest BCUT2D eigenvalue weighted by Crippen LogP contribution is 2.37. The van der Waals surface area contributed by atoms with E-state index in [0.717, 1.165) is 12.1 Å². The molecule has 0 bridgehead atoms. The molecule has 23 heavy (non-hydrogen) atoms. The molecule has 0 unspecified atom stereocenters. The van der Waals surface area contributed by atoms with E-state index < -0.39 is 35.6 Å². The summed E-state index contributed by atoms with van der Waals surface area (Å²) >= 11 is 0. The molecule has 0 radical (unpaired) electrons. The Kier molecular flexibility index (Phi) is 4.61. The monoisotopic (exact) mass is 331 g/mol. The number of amides is 1. The van der Waals surface area contributed by atoms with Crippen molar-refractivity contribution in [1.82, 2.24) is 5.32 Å². The average molecular weight is 331 g/mol. The summed E-state index contributed by atoms with van der Waals surface area (Å²) in [5, 5.41) is 2.64. The van der Waals surface area contributed by atoms with Crippen LogP contribution in [0.1, 0.15) is 56.5 Å². The molecule has 0 aliphatic carbocycles. The molecule has 7 heteroatoms. The van der Waals surface area contributed by atoms with Crippen molar-refractivity contribution < 1.29 is 27.4 Å². The zero-order chi connectivity index (χ0) is 17.4. The molecule has 1 aromatic carbocycles. The quantitative estimate of drug-likeness (QED) is 0.831. The molecule has 0 aromatic heterocycles. The van der Waals surface area contributed by atoms with Crippen molar-refractivity contribution >= 4 is 6.09 Å². The largest absolute Gasteiger partial charge is 0.444 e. The number of nitrogens with one attached hydrogen (secondary N) is 1. The highest BCUT2D eigenvalue weighted by atomic mass is 19.4. The molecule has 1 N–H and O–H groups in total. The molecule has 0 fully saturated rings. The molecule has 1 heterocycles. The minimum Gasteiger partial charge on any atom is -0.444 e. The van der Waals surface area contributed by atoms with Crippen molar-refractivity contribution in [1.29, 1.82) is 0 Å². The van der Waals surface area contributed by atoms with Crippen LogP contribution in [0.2, 0.25) is 0 Å². The Balaban J connectivity index is 2.24. The molecule has 1 aliphatic heterocycles. The van der Waals surface area contributed by atoms with Gasteiger partial charge in [-0.25, -0.2) is 4.79 Å². The summed E-state index contributed by atoms with van der Waals surface area (Å²) in [5.41, 5.74) is -0.352. The third kappa shape index (κ3) is 4.37. The van der Waals surface area contributed by atoms with E-state index in [1.165, 1.54) is 6.07 Å². The lowest BCUT2D eigenvalue weighted by molar-refractivity contribution is -0.137. The number of hydrogen-bond acceptors (Lipinski definition) is 3. The maximum atomic E-state index is 12.8. The maximum absolute atomic E-state index is 12.8. The summed E-state index contributed by atoms with van der Waals surface area (Å²) in [4.78, 5) is 11.9. The van der Waals surface area contributed by atoms with Crippen LogP contribution in [-0.2, 0) is 15.7 Å². The first-order chi connectivity index (χ1) is 10.5. The van der Waals surface area contributed by atoms with Crippen LogP contribution in [0.4, 0.5) is 18.0 Å². The molecular formula is C16H20F3NO3. The van der Waals surface area contributed by atoms with Gasteiger partial charge in [0, 0.05) is 0 Å². The van der Waals surface area contributed by atoms with Crippen LogP contribution in [0.25, 0.3) is 0 Å². The third-order valence-corrected chi connectivity index (χ3v) is 3.43. The number of carbonyl (C=O) groups is 1. The molecule has 0 saturated carbocycles. The van der Waals surface area contributed by atoms with Crippen molar-refractivity contribution in [2.24, 2.45) is 0 Å². The summed E-state index contributed by atoms with van der Waals surface area (Å²) < 4.78 is 49.2. The normalized spacial score (nSPS) is 21.5. The van der Waals surface area contributed by atoms with E-state index >= 15 is 0 Å². The van der Waals surface area contributed by atoms with Gasteiger partial charge in [0.05, 0.1) is 24.3 Å². The molecule has 1 aliphatic rings. The smallest absolute Gasteiger partial charge is 0.416 e. The van der Waals surface area contributed by atoms with Gasteiger partial charge in [-0.2, -0.15) is 13.2 Å². The Morgan fingerprint density at radius 2 is 1.91 bits per heavy atom. The number of ether oxygens (including phenoxy) is 2. The maximum Gasteiger partial charge on any atom is 0.416 e. The third-order valence-electron chi connectivity index (χ3n) is 3.43. The number of halogens is 3. The van der Waals surface area contributed by atoms with E-state index in [4.69, 9.17) is 9.47 Å². The predicted octanol–water partition coefficient (Wildman–Crippen LogP) is 4.36. The van der Waals surface area contributed by atoms with Crippen LogP contribution >= 0.6 is 0 Å². The standard InChI is InChI=1S/C16H20F3NO3/c1-9-12-7-10(16(17,18)19)5-6-11(12)13(8-22-9)20-14(21)23-15(2,3)4/h5-7,9,13H,8H2,1-4H3,(H,20,21)/t9-,13-/m0/s1. The van der Waals surface area contributed by atoms with Gasteiger partial charge in [0.2, 0.25) is 0 Å². The fourth-order valence-electron chi connectivity index (χ4n) is 2.41. The van der Waals surface area contributed by atoms with Crippen molar-refractivity contribution in [3.05, 3.63) is 34.9 Å². The number of rotatable bonds is 1. The molecule has 1 aromatic rings. The van der Waals surface area contributed by atoms with Gasteiger partial charge in [-0.15, -0.1) is 0 Å². The predicted molar refractivity (Wildman–Crippen MR) is 77.9 cm³/mol. The van der Waals surface area contributed by atoms with E-state index in [-0.39, 0.29) is 6.61 Å². The van der Waals surface area contributed by atoms with E-state index in [1.54, 1.807) is 27.7 Å². The Hall–Kier alpha value is -1.76. The van der Waals surface area contributed by atoms with Gasteiger partial charge in [-0.05, 0) is 51.0 Å². The molecule has 2 rings (SSSR count). The van der Waals surface area contributed by atoms with E-state index in [0.29, 0.717) is 11.1 Å². The zero-order valence-electron chi connectivity index (χ0n) is 13.5. The first-order valence-corrected chi connectivity index (χ1v) is 7.29. The van der Waals surface area contributed by atoms with Crippen molar-refractivity contribution in [3.63, 3.8) is 0 Å². The molecule has 128 valence electrons. The summed E-state index contributed by atoms with van der Waals surface area (Å²) in [6, 6.07) is 2.93. The number of hydrogen-bond donors (Lipinski definition) is 1. The zero-order valence-corrected chi connectivity index (χ0v) is 13.5. The van der Waals surface area contributed by atoms with Gasteiger partial charge in [0.1, 0.15) is 5.60 Å². The van der Waals surface area contributed by atoms with E-state index in [2.05, 4.69) is 5.32 Å². The SMILES string of the molecule is C[C@@H]1OC[C@H](NC(=O)OC(C)(C)C)c2ccc(C(F)(F)F)cc21. The van der Waals surface area contributed by atoms with Crippen molar-refractivity contribution in [3.8, 4) is 0 Å². The van der Waals surface area contributed by atoms with Crippen LogP contribution in [0.5, 0.6) is 0 Å². The topological polar surface area (TPSA) is 47.6 Å². The van der Waals surface area contributed by atoms with Gasteiger partial charge in [-0.3, -0.25) is 0 Å². The van der Waals surface area contributed by atoms with Gasteiger partial charge in [0.15, 0.2) is 0 Å². The lowest BCUT2D eigenvalue weighted by Crippen LogP contribution is -2.38. The fourth-order valence-corrected chi connectivity index (χ4v) is 2.41. The Labute approximate surface area is 133 Å². The van der Waals surface area contributed by atoms with Crippen molar-refractivity contribution in [2.75, 3.05) is 6.61 Å². The Morgan fingerprint density at radius 3 is 2.48 bits per heavy atom. The van der Waals surface area contributed by atoms with Gasteiger partial charge in [0.25, 0.3) is 0 Å². The second kappa shape index (κ2) is 6.03. The highest BCUT2D eigenvalue weighted by Gasteiger charge is 2.34.